The van der Waals surface area contributed by atoms with Crippen LogP contribution in [-0.4, -0.2) is 62.4 Å². The Kier molecular flexibility index (Phi) is 5.24. The highest BCUT2D eigenvalue weighted by molar-refractivity contribution is 6.15. The zero-order valence-corrected chi connectivity index (χ0v) is 21.4. The van der Waals surface area contributed by atoms with Gasteiger partial charge in [-0.25, -0.2) is 0 Å². The molecule has 7 nitrogen and oxygen atoms in total. The number of hydrogen-bond donors (Lipinski definition) is 0. The fourth-order valence-electron chi connectivity index (χ4n) is 6.52. The molecule has 0 unspecified atom stereocenters. The predicted octanol–water partition coefficient (Wildman–Crippen LogP) is 4.40. The second-order valence-electron chi connectivity index (χ2n) is 11.4. The lowest BCUT2D eigenvalue weighted by Crippen LogP contribution is -2.44. The maximum absolute atomic E-state index is 13.8. The van der Waals surface area contributed by atoms with E-state index in [1.54, 1.807) is 0 Å². The van der Waals surface area contributed by atoms with Crippen molar-refractivity contribution in [2.24, 2.45) is 23.9 Å². The van der Waals surface area contributed by atoms with Gasteiger partial charge < -0.3 is 4.90 Å². The number of rotatable bonds is 5. The number of aryl methyl sites for hydroxylation is 1. The Hall–Kier alpha value is -3.48. The van der Waals surface area contributed by atoms with Crippen molar-refractivity contribution in [3.63, 3.8) is 0 Å². The summed E-state index contributed by atoms with van der Waals surface area (Å²) in [7, 11) is 1.96. The monoisotopic (exact) mass is 495 g/mol. The fraction of sp³-hybridized carbons (Fsp3) is 0.467. The lowest BCUT2D eigenvalue weighted by molar-refractivity contribution is -0.131. The number of aliphatic imine (C=N–C) groups is 1. The molecule has 3 heterocycles. The van der Waals surface area contributed by atoms with E-state index in [-0.39, 0.29) is 11.8 Å². The topological polar surface area (TPSA) is 70.8 Å². The number of amidine groups is 1. The van der Waals surface area contributed by atoms with Gasteiger partial charge in [0.1, 0.15) is 11.4 Å². The smallest absolute Gasteiger partial charge is 0.256 e. The Morgan fingerprint density at radius 1 is 1.00 bits per heavy atom. The van der Waals surface area contributed by atoms with Crippen molar-refractivity contribution < 1.29 is 9.59 Å². The maximum Gasteiger partial charge on any atom is 0.256 e. The number of nitrogens with zero attached hydrogens (tertiary/aromatic N) is 5. The van der Waals surface area contributed by atoms with E-state index in [0.717, 1.165) is 91.5 Å². The van der Waals surface area contributed by atoms with Crippen LogP contribution in [0, 0.1) is 11.8 Å². The summed E-state index contributed by atoms with van der Waals surface area (Å²) in [6.45, 7) is 2.22. The van der Waals surface area contributed by atoms with Gasteiger partial charge in [0, 0.05) is 43.5 Å². The van der Waals surface area contributed by atoms with Crippen LogP contribution in [0.3, 0.4) is 0 Å². The minimum Gasteiger partial charge on any atom is -0.342 e. The number of carbonyl (C=O) groups excluding carboxylic acids is 2. The Morgan fingerprint density at radius 3 is 2.49 bits per heavy atom. The molecule has 7 heteroatoms. The molecule has 2 aliphatic carbocycles. The first-order valence-corrected chi connectivity index (χ1v) is 13.7. The standard InChI is InChI=1S/C30H33N5O2/c1-33-26-11-10-24(16-25(26)17-31-33)21-4-6-22(7-5-21)27-32-30(13-2-3-14-30)29(37)35(27)19-20-12-15-34(18-20)28(36)23-8-9-23/h4-7,10-11,16-17,20,23H,2-3,8-9,12-15,18-19H2,1H3/t20-/m1/s1. The molecule has 190 valence electrons. The predicted molar refractivity (Wildman–Crippen MR) is 143 cm³/mol. The molecule has 1 aromatic heterocycles. The maximum atomic E-state index is 13.8. The molecule has 1 saturated heterocycles. The third kappa shape index (κ3) is 3.87. The third-order valence-corrected chi connectivity index (χ3v) is 8.84. The van der Waals surface area contributed by atoms with Crippen LogP contribution < -0.4 is 0 Å². The highest BCUT2D eigenvalue weighted by atomic mass is 16.2. The number of likely N-dealkylation sites (tertiary alicyclic amines) is 1. The van der Waals surface area contributed by atoms with E-state index in [9.17, 15) is 9.59 Å². The van der Waals surface area contributed by atoms with Gasteiger partial charge in [-0.2, -0.15) is 5.10 Å². The van der Waals surface area contributed by atoms with Crippen LogP contribution in [0.25, 0.3) is 22.0 Å². The van der Waals surface area contributed by atoms with E-state index < -0.39 is 5.54 Å². The lowest BCUT2D eigenvalue weighted by Gasteiger charge is -2.25. The third-order valence-electron chi connectivity index (χ3n) is 8.84. The molecule has 2 aliphatic heterocycles. The largest absolute Gasteiger partial charge is 0.342 e. The van der Waals surface area contributed by atoms with E-state index in [2.05, 4.69) is 47.6 Å². The Labute approximate surface area is 217 Å². The fourth-order valence-corrected chi connectivity index (χ4v) is 6.52. The van der Waals surface area contributed by atoms with Gasteiger partial charge in [-0.05, 0) is 61.3 Å². The first-order chi connectivity index (χ1) is 18.0. The van der Waals surface area contributed by atoms with E-state index in [1.165, 1.54) is 0 Å². The number of benzene rings is 2. The molecule has 2 saturated carbocycles. The molecule has 0 bridgehead atoms. The zero-order chi connectivity index (χ0) is 25.1. The molecule has 0 radical (unpaired) electrons. The summed E-state index contributed by atoms with van der Waals surface area (Å²) in [4.78, 5) is 35.5. The van der Waals surface area contributed by atoms with Crippen LogP contribution in [0.15, 0.2) is 53.7 Å². The molecular weight excluding hydrogens is 462 g/mol. The summed E-state index contributed by atoms with van der Waals surface area (Å²) < 4.78 is 1.89. The molecule has 4 aliphatic rings. The number of fused-ring (bicyclic) bond motifs is 1. The summed E-state index contributed by atoms with van der Waals surface area (Å²) in [5.41, 5.74) is 3.80. The first-order valence-electron chi connectivity index (χ1n) is 13.7. The van der Waals surface area contributed by atoms with Gasteiger partial charge in [0.25, 0.3) is 5.91 Å². The molecule has 1 atom stereocenters. The van der Waals surface area contributed by atoms with Gasteiger partial charge >= 0.3 is 0 Å². The average molecular weight is 496 g/mol. The highest BCUT2D eigenvalue weighted by Crippen LogP contribution is 2.41. The van der Waals surface area contributed by atoms with Crippen molar-refractivity contribution in [1.82, 2.24) is 19.6 Å². The Balaban J connectivity index is 1.15. The molecule has 3 aromatic rings. The van der Waals surface area contributed by atoms with Crippen LogP contribution in [0.5, 0.6) is 0 Å². The minimum atomic E-state index is -0.582. The quantitative estimate of drug-likeness (QED) is 0.527. The van der Waals surface area contributed by atoms with Crippen LogP contribution in [0.2, 0.25) is 0 Å². The Bertz CT molecular complexity index is 1410. The first kappa shape index (κ1) is 22.7. The number of carbonyl (C=O) groups is 2. The average Bonchev–Trinajstić information content (AvgIpc) is 3.22. The minimum absolute atomic E-state index is 0.165. The van der Waals surface area contributed by atoms with Crippen LogP contribution in [0.1, 0.15) is 50.5 Å². The summed E-state index contributed by atoms with van der Waals surface area (Å²) >= 11 is 0. The molecule has 2 amide bonds. The zero-order valence-electron chi connectivity index (χ0n) is 21.4. The SMILES string of the molecule is Cn1ncc2cc(-c3ccc(C4=NC5(CCCC5)C(=O)N4C[C@@H]4CCN(C(=O)C5CC5)C4)cc3)ccc21. The van der Waals surface area contributed by atoms with Crippen molar-refractivity contribution in [3.05, 3.63) is 54.2 Å². The molecule has 37 heavy (non-hydrogen) atoms. The van der Waals surface area contributed by atoms with Gasteiger partial charge in [-0.3, -0.25) is 24.2 Å². The second-order valence-corrected chi connectivity index (χ2v) is 11.4. The molecular formula is C30H33N5O2. The number of aromatic nitrogens is 2. The van der Waals surface area contributed by atoms with Crippen LogP contribution >= 0.6 is 0 Å². The van der Waals surface area contributed by atoms with Gasteiger partial charge in [0.2, 0.25) is 5.91 Å². The van der Waals surface area contributed by atoms with Gasteiger partial charge in [0.05, 0.1) is 11.7 Å². The van der Waals surface area contributed by atoms with Crippen molar-refractivity contribution in [3.8, 4) is 11.1 Å². The summed E-state index contributed by atoms with van der Waals surface area (Å²) in [5, 5.41) is 5.48. The van der Waals surface area contributed by atoms with Gasteiger partial charge in [-0.15, -0.1) is 0 Å². The number of amides is 2. The number of hydrogen-bond acceptors (Lipinski definition) is 4. The molecule has 3 fully saturated rings. The van der Waals surface area contributed by atoms with E-state index in [4.69, 9.17) is 4.99 Å². The van der Waals surface area contributed by atoms with E-state index in [0.29, 0.717) is 18.4 Å². The normalized spacial score (nSPS) is 23.0. The van der Waals surface area contributed by atoms with E-state index in [1.807, 2.05) is 27.7 Å². The van der Waals surface area contributed by atoms with Crippen LogP contribution in [0.4, 0.5) is 0 Å². The molecule has 7 rings (SSSR count). The second kappa shape index (κ2) is 8.54. The molecule has 0 N–H and O–H groups in total. The molecule has 2 aromatic carbocycles. The van der Waals surface area contributed by atoms with Gasteiger partial charge in [-0.1, -0.05) is 43.2 Å². The van der Waals surface area contributed by atoms with Gasteiger partial charge in [0.15, 0.2) is 0 Å². The van der Waals surface area contributed by atoms with Crippen molar-refractivity contribution in [2.45, 2.75) is 50.5 Å². The van der Waals surface area contributed by atoms with Crippen LogP contribution in [-0.2, 0) is 16.6 Å². The van der Waals surface area contributed by atoms with Crippen molar-refractivity contribution in [2.75, 3.05) is 19.6 Å². The highest BCUT2D eigenvalue weighted by Gasteiger charge is 2.50. The molecule has 1 spiro atoms. The van der Waals surface area contributed by atoms with Crippen molar-refractivity contribution in [1.29, 1.82) is 0 Å². The summed E-state index contributed by atoms with van der Waals surface area (Å²) in [6, 6.07) is 14.9. The lowest BCUT2D eigenvalue weighted by atomic mass is 9.97. The van der Waals surface area contributed by atoms with E-state index >= 15 is 0 Å². The summed E-state index contributed by atoms with van der Waals surface area (Å²) in [6.07, 6.45) is 8.72. The van der Waals surface area contributed by atoms with Crippen molar-refractivity contribution >= 4 is 28.6 Å². The Morgan fingerprint density at radius 2 is 1.73 bits per heavy atom. The summed E-state index contributed by atoms with van der Waals surface area (Å²) in [5.74, 6) is 1.85.